The number of nitrogens with zero attached hydrogens (tertiary/aromatic N) is 1. The van der Waals surface area contributed by atoms with Gasteiger partial charge in [-0.3, -0.25) is 0 Å². The second-order valence-corrected chi connectivity index (χ2v) is 7.08. The normalized spacial score (nSPS) is 26.4. The predicted octanol–water partition coefficient (Wildman–Crippen LogP) is 1.08. The molecule has 0 aromatic heterocycles. The van der Waals surface area contributed by atoms with Gasteiger partial charge in [-0.05, 0) is 53.1 Å². The van der Waals surface area contributed by atoms with Crippen molar-refractivity contribution in [3.05, 3.63) is 0 Å². The molecular formula is C12H27N3O2S. The van der Waals surface area contributed by atoms with Crippen LogP contribution in [0.1, 0.15) is 46.0 Å². The molecule has 0 aromatic rings. The predicted molar refractivity (Wildman–Crippen MR) is 74.7 cm³/mol. The molecule has 2 N–H and O–H groups in total. The molecule has 0 saturated carbocycles. The van der Waals surface area contributed by atoms with Crippen LogP contribution in [0.2, 0.25) is 0 Å². The van der Waals surface area contributed by atoms with Crippen LogP contribution in [-0.4, -0.2) is 44.9 Å². The topological polar surface area (TPSA) is 61.4 Å². The molecule has 108 valence electrons. The smallest absolute Gasteiger partial charge is 0.224 e. The van der Waals surface area contributed by atoms with Crippen molar-refractivity contribution in [1.82, 2.24) is 15.2 Å². The number of unbranched alkanes of at least 4 members (excludes halogenated alkanes) is 1. The zero-order valence-electron chi connectivity index (χ0n) is 11.8. The lowest BCUT2D eigenvalue weighted by molar-refractivity contribution is 0.0790. The largest absolute Gasteiger partial charge is 0.320 e. The van der Waals surface area contributed by atoms with Crippen molar-refractivity contribution in [2.24, 2.45) is 0 Å². The first-order valence-corrected chi connectivity index (χ1v) is 8.54. The Bertz CT molecular complexity index is 322. The summed E-state index contributed by atoms with van der Waals surface area (Å²) >= 11 is 0. The fraction of sp³-hybridized carbons (Fsp3) is 1.00. The summed E-state index contributed by atoms with van der Waals surface area (Å²) in [5.74, 6) is 0.213. The second-order valence-electron chi connectivity index (χ2n) is 5.26. The molecule has 2 atom stereocenters. The van der Waals surface area contributed by atoms with Gasteiger partial charge in [0.05, 0.1) is 5.75 Å². The van der Waals surface area contributed by atoms with Gasteiger partial charge < -0.3 is 5.32 Å². The van der Waals surface area contributed by atoms with E-state index in [1.807, 2.05) is 12.1 Å². The minimum absolute atomic E-state index is 0.213. The van der Waals surface area contributed by atoms with Gasteiger partial charge >= 0.3 is 0 Å². The van der Waals surface area contributed by atoms with E-state index in [0.717, 1.165) is 25.8 Å². The number of piperidine rings is 1. The summed E-state index contributed by atoms with van der Waals surface area (Å²) in [5.41, 5.74) is 0. The highest BCUT2D eigenvalue weighted by atomic mass is 32.2. The highest BCUT2D eigenvalue weighted by molar-refractivity contribution is 7.89. The van der Waals surface area contributed by atoms with E-state index >= 15 is 0 Å². The maximum Gasteiger partial charge on any atom is 0.224 e. The second kappa shape index (κ2) is 7.43. The number of hydrogen-bond donors (Lipinski definition) is 2. The van der Waals surface area contributed by atoms with Gasteiger partial charge in [-0.25, -0.2) is 13.4 Å². The van der Waals surface area contributed by atoms with Crippen molar-refractivity contribution < 1.29 is 8.42 Å². The molecule has 1 aliphatic rings. The van der Waals surface area contributed by atoms with Gasteiger partial charge in [0.25, 0.3) is 0 Å². The van der Waals surface area contributed by atoms with Crippen LogP contribution in [0.25, 0.3) is 0 Å². The molecule has 1 heterocycles. The van der Waals surface area contributed by atoms with Crippen LogP contribution >= 0.6 is 0 Å². The van der Waals surface area contributed by atoms with Gasteiger partial charge in [0.15, 0.2) is 0 Å². The molecular weight excluding hydrogens is 250 g/mol. The zero-order chi connectivity index (χ0) is 13.6. The summed E-state index contributed by atoms with van der Waals surface area (Å²) in [7, 11) is -1.30. The summed E-state index contributed by atoms with van der Waals surface area (Å²) < 4.78 is 24.0. The van der Waals surface area contributed by atoms with Gasteiger partial charge in [0, 0.05) is 12.1 Å². The number of sulfonamides is 1. The van der Waals surface area contributed by atoms with E-state index in [1.165, 1.54) is 6.42 Å². The third-order valence-corrected chi connectivity index (χ3v) is 4.84. The van der Waals surface area contributed by atoms with E-state index in [9.17, 15) is 8.42 Å². The minimum atomic E-state index is -3.18. The Labute approximate surface area is 111 Å². The van der Waals surface area contributed by atoms with E-state index in [2.05, 4.69) is 24.0 Å². The maximum absolute atomic E-state index is 12.0. The van der Waals surface area contributed by atoms with Crippen molar-refractivity contribution >= 4 is 10.0 Å². The van der Waals surface area contributed by atoms with Gasteiger partial charge in [0.1, 0.15) is 0 Å². The van der Waals surface area contributed by atoms with Crippen molar-refractivity contribution in [1.29, 1.82) is 0 Å². The van der Waals surface area contributed by atoms with Crippen molar-refractivity contribution in [3.8, 4) is 0 Å². The SMILES string of the molecule is CNCCCCS(=O)(=O)NN1C(C)CCCC1C. The first kappa shape index (κ1) is 15.9. The first-order chi connectivity index (χ1) is 8.46. The lowest BCUT2D eigenvalue weighted by Gasteiger charge is -2.38. The average molecular weight is 277 g/mol. The Morgan fingerprint density at radius 1 is 1.17 bits per heavy atom. The fourth-order valence-corrected chi connectivity index (χ4v) is 3.76. The average Bonchev–Trinajstić information content (AvgIpc) is 2.30. The van der Waals surface area contributed by atoms with Crippen LogP contribution in [-0.2, 0) is 10.0 Å². The Balaban J connectivity index is 2.43. The summed E-state index contributed by atoms with van der Waals surface area (Å²) in [6.07, 6.45) is 4.90. The summed E-state index contributed by atoms with van der Waals surface area (Å²) in [4.78, 5) is 2.76. The molecule has 0 spiro atoms. The molecule has 0 radical (unpaired) electrons. The molecule has 18 heavy (non-hydrogen) atoms. The van der Waals surface area contributed by atoms with Crippen molar-refractivity contribution in [2.75, 3.05) is 19.3 Å². The summed E-state index contributed by atoms with van der Waals surface area (Å²) in [6.45, 7) is 5.03. The Morgan fingerprint density at radius 2 is 1.78 bits per heavy atom. The van der Waals surface area contributed by atoms with Gasteiger partial charge in [-0.2, -0.15) is 0 Å². The Morgan fingerprint density at radius 3 is 2.33 bits per heavy atom. The molecule has 0 aliphatic carbocycles. The third kappa shape index (κ3) is 5.22. The Kier molecular flexibility index (Phi) is 6.55. The fourth-order valence-electron chi connectivity index (χ4n) is 2.40. The molecule has 2 unspecified atom stereocenters. The molecule has 1 fully saturated rings. The van der Waals surface area contributed by atoms with E-state index in [1.54, 1.807) is 0 Å². The summed E-state index contributed by atoms with van der Waals surface area (Å²) in [6, 6.07) is 0.585. The van der Waals surface area contributed by atoms with Crippen LogP contribution < -0.4 is 10.1 Å². The van der Waals surface area contributed by atoms with E-state index in [-0.39, 0.29) is 5.75 Å². The molecule has 0 bridgehead atoms. The molecule has 5 nitrogen and oxygen atoms in total. The molecule has 1 rings (SSSR count). The number of nitrogens with one attached hydrogen (secondary N) is 2. The van der Waals surface area contributed by atoms with E-state index in [0.29, 0.717) is 18.5 Å². The van der Waals surface area contributed by atoms with Crippen LogP contribution in [0.3, 0.4) is 0 Å². The summed E-state index contributed by atoms with van der Waals surface area (Å²) in [5, 5.41) is 4.94. The van der Waals surface area contributed by atoms with Crippen molar-refractivity contribution in [2.45, 2.75) is 58.0 Å². The first-order valence-electron chi connectivity index (χ1n) is 6.89. The number of hydrazine groups is 1. The highest BCUT2D eigenvalue weighted by Crippen LogP contribution is 2.20. The molecule has 1 aliphatic heterocycles. The molecule has 0 aromatic carbocycles. The molecule has 0 amide bonds. The number of rotatable bonds is 7. The Hall–Kier alpha value is -0.170. The number of hydrogen-bond acceptors (Lipinski definition) is 4. The highest BCUT2D eigenvalue weighted by Gasteiger charge is 2.27. The van der Waals surface area contributed by atoms with Gasteiger partial charge in [-0.1, -0.05) is 6.42 Å². The van der Waals surface area contributed by atoms with E-state index < -0.39 is 10.0 Å². The lowest BCUT2D eigenvalue weighted by atomic mass is 10.0. The van der Waals surface area contributed by atoms with Gasteiger partial charge in [0.2, 0.25) is 10.0 Å². The quantitative estimate of drug-likeness (QED) is 0.684. The molecule has 6 heteroatoms. The van der Waals surface area contributed by atoms with Crippen molar-refractivity contribution in [3.63, 3.8) is 0 Å². The van der Waals surface area contributed by atoms with E-state index in [4.69, 9.17) is 0 Å². The molecule has 1 saturated heterocycles. The van der Waals surface area contributed by atoms with Crippen LogP contribution in [0.4, 0.5) is 0 Å². The lowest BCUT2D eigenvalue weighted by Crippen LogP contribution is -2.54. The standard InChI is InChI=1S/C12H27N3O2S/c1-11-7-6-8-12(2)15(11)14-18(16,17)10-5-4-9-13-3/h11-14H,4-10H2,1-3H3. The van der Waals surface area contributed by atoms with Crippen LogP contribution in [0.15, 0.2) is 0 Å². The van der Waals surface area contributed by atoms with Crippen LogP contribution in [0, 0.1) is 0 Å². The third-order valence-electron chi connectivity index (χ3n) is 3.53. The zero-order valence-corrected chi connectivity index (χ0v) is 12.6. The van der Waals surface area contributed by atoms with Crippen LogP contribution in [0.5, 0.6) is 0 Å². The monoisotopic (exact) mass is 277 g/mol. The van der Waals surface area contributed by atoms with Gasteiger partial charge in [-0.15, -0.1) is 4.83 Å². The minimum Gasteiger partial charge on any atom is -0.320 e. The maximum atomic E-state index is 12.0.